The molecular weight excluding hydrogens is 533 g/mol. The van der Waals surface area contributed by atoms with E-state index >= 15 is 0 Å². The molecule has 2 fully saturated rings. The van der Waals surface area contributed by atoms with Gasteiger partial charge in [-0.15, -0.1) is 0 Å². The van der Waals surface area contributed by atoms with E-state index in [0.717, 1.165) is 8.47 Å². The van der Waals surface area contributed by atoms with Crippen molar-refractivity contribution in [1.82, 2.24) is 0 Å². The number of imide groups is 1. The number of hydrogen-bond donors (Lipinski definition) is 0. The monoisotopic (exact) mass is 549 g/mol. The topological polar surface area (TPSA) is 80.8 Å². The zero-order chi connectivity index (χ0) is 22.9. The van der Waals surface area contributed by atoms with Crippen molar-refractivity contribution < 1.29 is 23.9 Å². The van der Waals surface area contributed by atoms with Gasteiger partial charge in [0.15, 0.2) is 0 Å². The van der Waals surface area contributed by atoms with Gasteiger partial charge < -0.3 is 4.74 Å². The Hall–Kier alpha value is -3.17. The van der Waals surface area contributed by atoms with Gasteiger partial charge >= 0.3 is 0 Å². The van der Waals surface area contributed by atoms with E-state index in [1.807, 2.05) is 6.07 Å². The average molecular weight is 549 g/mol. The van der Waals surface area contributed by atoms with Crippen molar-refractivity contribution in [2.75, 3.05) is 4.90 Å². The summed E-state index contributed by atoms with van der Waals surface area (Å²) < 4.78 is 7.20. The third-order valence-corrected chi connectivity index (χ3v) is 7.45. The molecule has 7 heteroatoms. The summed E-state index contributed by atoms with van der Waals surface area (Å²) in [5.74, 6) is -4.37. The van der Waals surface area contributed by atoms with Gasteiger partial charge in [0.2, 0.25) is 29.0 Å². The maximum absolute atomic E-state index is 13.8. The van der Waals surface area contributed by atoms with Crippen LogP contribution < -0.4 is 4.90 Å². The molecule has 6 nitrogen and oxygen atoms in total. The van der Waals surface area contributed by atoms with E-state index in [4.69, 9.17) is 4.74 Å². The summed E-state index contributed by atoms with van der Waals surface area (Å²) in [5, 5.41) is 0. The van der Waals surface area contributed by atoms with Gasteiger partial charge in [-0.05, 0) is 52.4 Å². The lowest BCUT2D eigenvalue weighted by molar-refractivity contribution is -0.127. The number of anilines is 1. The molecule has 0 saturated carbocycles. The Balaban J connectivity index is 1.55. The van der Waals surface area contributed by atoms with Crippen molar-refractivity contribution in [3.8, 4) is 0 Å². The smallest absolute Gasteiger partial charge is 0.241 e. The molecule has 3 atom stereocenters. The van der Waals surface area contributed by atoms with Crippen molar-refractivity contribution in [3.05, 3.63) is 99.1 Å². The van der Waals surface area contributed by atoms with E-state index in [1.54, 1.807) is 72.8 Å². The number of carbonyl (C=O) groups excluding carboxylic acids is 4. The molecule has 33 heavy (non-hydrogen) atoms. The number of hydrogen-bond acceptors (Lipinski definition) is 5. The summed E-state index contributed by atoms with van der Waals surface area (Å²) >= 11 is 2.14. The first-order chi connectivity index (χ1) is 15.9. The Morgan fingerprint density at radius 1 is 0.727 bits per heavy atom. The Morgan fingerprint density at radius 2 is 1.30 bits per heavy atom. The molecule has 3 aliphatic rings. The first-order valence-corrected chi connectivity index (χ1v) is 11.6. The van der Waals surface area contributed by atoms with Gasteiger partial charge in [-0.1, -0.05) is 54.6 Å². The highest BCUT2D eigenvalue weighted by molar-refractivity contribution is 14.1. The summed E-state index contributed by atoms with van der Waals surface area (Å²) in [6.07, 6.45) is -0.899. The maximum atomic E-state index is 13.8. The summed E-state index contributed by atoms with van der Waals surface area (Å²) in [6, 6.07) is 22.4. The molecule has 0 unspecified atom stereocenters. The largest absolute Gasteiger partial charge is 0.349 e. The van der Waals surface area contributed by atoms with E-state index in [0.29, 0.717) is 11.3 Å². The van der Waals surface area contributed by atoms with Crippen LogP contribution in [0.4, 0.5) is 5.69 Å². The van der Waals surface area contributed by atoms with Crippen LogP contribution in [-0.4, -0.2) is 29.0 Å². The predicted molar refractivity (Wildman–Crippen MR) is 127 cm³/mol. The van der Waals surface area contributed by atoms with E-state index in [9.17, 15) is 19.2 Å². The minimum atomic E-state index is -2.04. The van der Waals surface area contributed by atoms with Gasteiger partial charge in [0.05, 0.1) is 23.6 Å². The van der Waals surface area contributed by atoms with Crippen molar-refractivity contribution in [2.24, 2.45) is 11.8 Å². The van der Waals surface area contributed by atoms with Crippen LogP contribution in [0.1, 0.15) is 32.4 Å². The van der Waals surface area contributed by atoms with Crippen molar-refractivity contribution in [2.45, 2.75) is 11.7 Å². The van der Waals surface area contributed by atoms with Gasteiger partial charge in [-0.25, -0.2) is 4.90 Å². The van der Waals surface area contributed by atoms with Crippen LogP contribution in [0, 0.1) is 15.4 Å². The molecule has 0 radical (unpaired) electrons. The summed E-state index contributed by atoms with van der Waals surface area (Å²) in [6.45, 7) is 0. The minimum absolute atomic E-state index is 0.225. The predicted octanol–water partition coefficient (Wildman–Crippen LogP) is 3.99. The van der Waals surface area contributed by atoms with Crippen molar-refractivity contribution in [1.29, 1.82) is 0 Å². The van der Waals surface area contributed by atoms with Gasteiger partial charge in [0, 0.05) is 14.7 Å². The molecule has 0 aromatic heterocycles. The molecule has 0 N–H and O–H groups in total. The summed E-state index contributed by atoms with van der Waals surface area (Å²) in [4.78, 5) is 55.9. The van der Waals surface area contributed by atoms with Crippen LogP contribution in [0.25, 0.3) is 0 Å². The number of benzene rings is 3. The average Bonchev–Trinajstić information content (AvgIpc) is 3.41. The van der Waals surface area contributed by atoms with E-state index < -0.39 is 46.9 Å². The summed E-state index contributed by atoms with van der Waals surface area (Å²) in [5.41, 5.74) is -0.533. The highest BCUT2D eigenvalue weighted by Gasteiger charge is 2.74. The highest BCUT2D eigenvalue weighted by Crippen LogP contribution is 2.57. The molecule has 162 valence electrons. The zero-order valence-corrected chi connectivity index (χ0v) is 19.3. The number of Topliss-reactive ketones (excluding diaryl/α,β-unsaturated/α-hetero) is 2. The molecular formula is C26H16INO5. The van der Waals surface area contributed by atoms with Gasteiger partial charge in [-0.3, -0.25) is 19.2 Å². The fourth-order valence-electron chi connectivity index (χ4n) is 5.31. The van der Waals surface area contributed by atoms with Crippen LogP contribution in [-0.2, 0) is 14.3 Å². The summed E-state index contributed by atoms with van der Waals surface area (Å²) in [7, 11) is 0. The Labute approximate surface area is 202 Å². The third-order valence-electron chi connectivity index (χ3n) is 6.73. The number of ketones is 2. The van der Waals surface area contributed by atoms with E-state index in [1.165, 1.54) is 0 Å². The molecule has 1 aliphatic carbocycles. The van der Waals surface area contributed by atoms with Crippen LogP contribution in [0.2, 0.25) is 0 Å². The Bertz CT molecular complexity index is 1320. The molecule has 6 rings (SSSR count). The fraction of sp³-hybridized carbons (Fsp3) is 0.154. The second kappa shape index (κ2) is 7.16. The second-order valence-corrected chi connectivity index (χ2v) is 9.63. The number of fused-ring (bicyclic) bond motifs is 3. The number of ether oxygens (including phenoxy) is 1. The van der Waals surface area contributed by atoms with Gasteiger partial charge in [0.25, 0.3) is 0 Å². The number of halogens is 1. The van der Waals surface area contributed by atoms with Crippen molar-refractivity contribution >= 4 is 51.7 Å². The third kappa shape index (κ3) is 2.63. The fourth-order valence-corrected chi connectivity index (χ4v) is 5.67. The molecule has 2 saturated heterocycles. The lowest BCUT2D eigenvalue weighted by atomic mass is 9.77. The molecule has 2 aliphatic heterocycles. The number of amides is 2. The standard InChI is InChI=1S/C26H16INO5/c27-15-10-12-16(13-11-15)28-24(31)19-20(25(28)32)26(33-21(19)14-6-2-1-3-7-14)22(29)17-8-4-5-9-18(17)23(26)30/h1-13,19-21H/t19-,20-,21-/m0/s1. The van der Waals surface area contributed by atoms with E-state index in [2.05, 4.69) is 22.6 Å². The Kier molecular flexibility index (Phi) is 4.44. The molecule has 3 aromatic rings. The molecule has 2 heterocycles. The zero-order valence-electron chi connectivity index (χ0n) is 17.1. The first-order valence-electron chi connectivity index (χ1n) is 10.5. The molecule has 2 amide bonds. The van der Waals surface area contributed by atoms with Crippen LogP contribution in [0.3, 0.4) is 0 Å². The lowest BCUT2D eigenvalue weighted by Gasteiger charge is -2.27. The minimum Gasteiger partial charge on any atom is -0.349 e. The van der Waals surface area contributed by atoms with Crippen LogP contribution in [0.5, 0.6) is 0 Å². The maximum Gasteiger partial charge on any atom is 0.241 e. The highest BCUT2D eigenvalue weighted by atomic mass is 127. The number of nitrogens with zero attached hydrogens (tertiary/aromatic N) is 1. The quantitative estimate of drug-likeness (QED) is 0.275. The van der Waals surface area contributed by atoms with Gasteiger partial charge in [-0.2, -0.15) is 0 Å². The SMILES string of the molecule is O=C1[C@H]2[C@@H](C(=O)N1c1ccc(I)cc1)C1(O[C@H]2c2ccccc2)C(=O)c2ccccc2C1=O. The molecule has 1 spiro atoms. The molecule has 0 bridgehead atoms. The second-order valence-electron chi connectivity index (χ2n) is 8.38. The normalized spacial score (nSPS) is 25.1. The Morgan fingerprint density at radius 3 is 1.91 bits per heavy atom. The molecule has 3 aromatic carbocycles. The number of carbonyl (C=O) groups is 4. The number of rotatable bonds is 2. The van der Waals surface area contributed by atoms with E-state index in [-0.39, 0.29) is 11.1 Å². The van der Waals surface area contributed by atoms with Crippen molar-refractivity contribution in [3.63, 3.8) is 0 Å². The first kappa shape index (κ1) is 20.4. The van der Waals surface area contributed by atoms with Crippen LogP contribution in [0.15, 0.2) is 78.9 Å². The van der Waals surface area contributed by atoms with Crippen LogP contribution >= 0.6 is 22.6 Å². The lowest BCUT2D eigenvalue weighted by Crippen LogP contribution is -2.51. The van der Waals surface area contributed by atoms with Gasteiger partial charge in [0.1, 0.15) is 0 Å².